The maximum atomic E-state index is 13.1. The van der Waals surface area contributed by atoms with E-state index in [0.717, 1.165) is 11.1 Å². The molecule has 1 saturated heterocycles. The van der Waals surface area contributed by atoms with Crippen molar-refractivity contribution in [1.82, 2.24) is 10.2 Å². The molecule has 2 aromatic carbocycles. The highest BCUT2D eigenvalue weighted by atomic mass is 35.5. The molecule has 0 radical (unpaired) electrons. The Balaban J connectivity index is 1.87. The molecule has 0 aliphatic carbocycles. The number of benzene rings is 2. The molecule has 6 heteroatoms. The Bertz CT molecular complexity index is 841. The van der Waals surface area contributed by atoms with Crippen LogP contribution in [0.2, 0.25) is 5.02 Å². The Morgan fingerprint density at radius 2 is 1.82 bits per heavy atom. The van der Waals surface area contributed by atoms with Gasteiger partial charge in [0.25, 0.3) is 0 Å². The number of nitrogens with zero attached hydrogens (tertiary/aromatic N) is 1. The fraction of sp³-hybridized carbons (Fsp3) is 0.364. The summed E-state index contributed by atoms with van der Waals surface area (Å²) in [5.41, 5.74) is 1.09. The van der Waals surface area contributed by atoms with Crippen molar-refractivity contribution < 1.29 is 14.3 Å². The van der Waals surface area contributed by atoms with Crippen molar-refractivity contribution in [3.05, 3.63) is 70.7 Å². The van der Waals surface area contributed by atoms with Gasteiger partial charge in [-0.05, 0) is 43.7 Å². The van der Waals surface area contributed by atoms with Gasteiger partial charge >= 0.3 is 5.97 Å². The van der Waals surface area contributed by atoms with Gasteiger partial charge < -0.3 is 10.1 Å². The number of nitrogens with one attached hydrogen (secondary N) is 1. The second-order valence-electron chi connectivity index (χ2n) is 7.39. The van der Waals surface area contributed by atoms with Gasteiger partial charge in [-0.2, -0.15) is 0 Å². The van der Waals surface area contributed by atoms with Crippen LogP contribution in [-0.4, -0.2) is 36.5 Å². The molecule has 1 fully saturated rings. The summed E-state index contributed by atoms with van der Waals surface area (Å²) in [7, 11) is 3.24. The van der Waals surface area contributed by atoms with Gasteiger partial charge in [0.2, 0.25) is 5.91 Å². The smallest absolute Gasteiger partial charge is 0.326 e. The van der Waals surface area contributed by atoms with E-state index in [2.05, 4.69) is 5.32 Å². The van der Waals surface area contributed by atoms with Crippen LogP contribution in [0, 0.1) is 5.92 Å². The van der Waals surface area contributed by atoms with Crippen LogP contribution in [0.3, 0.4) is 0 Å². The average molecular weight is 401 g/mol. The van der Waals surface area contributed by atoms with Crippen molar-refractivity contribution in [3.63, 3.8) is 0 Å². The molecule has 3 rings (SSSR count). The van der Waals surface area contributed by atoms with E-state index in [1.807, 2.05) is 61.3 Å². The molecule has 1 N–H and O–H groups in total. The number of hydrogen-bond acceptors (Lipinski definition) is 4. The molecule has 0 unspecified atom stereocenters. The van der Waals surface area contributed by atoms with Crippen LogP contribution >= 0.6 is 11.6 Å². The number of carbonyl (C=O) groups is 2. The lowest BCUT2D eigenvalue weighted by atomic mass is 9.89. The van der Waals surface area contributed by atoms with Gasteiger partial charge in [-0.15, -0.1) is 0 Å². The van der Waals surface area contributed by atoms with Crippen LogP contribution in [0.5, 0.6) is 0 Å². The molecule has 1 aliphatic heterocycles. The highest BCUT2D eigenvalue weighted by molar-refractivity contribution is 6.30. The molecule has 1 aliphatic rings. The monoisotopic (exact) mass is 400 g/mol. The van der Waals surface area contributed by atoms with Crippen molar-refractivity contribution >= 4 is 23.5 Å². The summed E-state index contributed by atoms with van der Waals surface area (Å²) >= 11 is 6.03. The first-order valence-electron chi connectivity index (χ1n) is 9.25. The molecule has 1 heterocycles. The van der Waals surface area contributed by atoms with E-state index in [1.165, 1.54) is 7.11 Å². The van der Waals surface area contributed by atoms with E-state index < -0.39 is 5.54 Å². The molecule has 5 nitrogen and oxygen atoms in total. The largest absolute Gasteiger partial charge is 0.468 e. The lowest BCUT2D eigenvalue weighted by Crippen LogP contribution is -2.47. The van der Waals surface area contributed by atoms with Crippen LogP contribution < -0.4 is 5.32 Å². The number of ether oxygens (including phenoxy) is 1. The third kappa shape index (κ3) is 3.91. The predicted octanol–water partition coefficient (Wildman–Crippen LogP) is 3.58. The number of halogens is 1. The number of likely N-dealkylation sites (tertiary alicyclic amines) is 1. The summed E-state index contributed by atoms with van der Waals surface area (Å²) in [6.07, 6.45) is 0.379. The Labute approximate surface area is 170 Å². The normalized spacial score (nSPS) is 24.7. The van der Waals surface area contributed by atoms with E-state index in [1.54, 1.807) is 12.1 Å². The highest BCUT2D eigenvalue weighted by Crippen LogP contribution is 2.46. The minimum absolute atomic E-state index is 0.0803. The number of esters is 1. The second-order valence-corrected chi connectivity index (χ2v) is 7.82. The zero-order chi connectivity index (χ0) is 20.3. The van der Waals surface area contributed by atoms with Crippen molar-refractivity contribution in [2.45, 2.75) is 31.5 Å². The van der Waals surface area contributed by atoms with Gasteiger partial charge in [0.15, 0.2) is 0 Å². The topological polar surface area (TPSA) is 58.6 Å². The maximum Gasteiger partial charge on any atom is 0.326 e. The average Bonchev–Trinajstić information content (AvgIpc) is 2.99. The number of carbonyl (C=O) groups excluding carboxylic acids is 2. The fourth-order valence-corrected chi connectivity index (χ4v) is 4.10. The number of methoxy groups -OCH3 is 1. The molecule has 0 saturated carbocycles. The number of hydrogen-bond donors (Lipinski definition) is 1. The van der Waals surface area contributed by atoms with Crippen LogP contribution in [0.25, 0.3) is 0 Å². The molecule has 0 bridgehead atoms. The zero-order valence-electron chi connectivity index (χ0n) is 16.3. The van der Waals surface area contributed by atoms with Crippen molar-refractivity contribution in [2.24, 2.45) is 5.92 Å². The van der Waals surface area contributed by atoms with Gasteiger partial charge in [0.05, 0.1) is 13.0 Å². The Morgan fingerprint density at radius 3 is 2.43 bits per heavy atom. The first-order valence-corrected chi connectivity index (χ1v) is 9.63. The first kappa shape index (κ1) is 20.4. The molecule has 148 valence electrons. The Morgan fingerprint density at radius 1 is 1.18 bits per heavy atom. The van der Waals surface area contributed by atoms with Gasteiger partial charge in [-0.3, -0.25) is 14.5 Å². The fourth-order valence-electron chi connectivity index (χ4n) is 3.98. The molecule has 28 heavy (non-hydrogen) atoms. The Kier molecular flexibility index (Phi) is 6.06. The van der Waals surface area contributed by atoms with Crippen molar-refractivity contribution in [1.29, 1.82) is 0 Å². The highest BCUT2D eigenvalue weighted by Gasteiger charge is 2.54. The number of rotatable bonds is 5. The Hall–Kier alpha value is -2.37. The minimum Gasteiger partial charge on any atom is -0.468 e. The third-order valence-electron chi connectivity index (χ3n) is 5.68. The van der Waals surface area contributed by atoms with Crippen molar-refractivity contribution in [2.75, 3.05) is 14.2 Å². The third-order valence-corrected chi connectivity index (χ3v) is 5.93. The molecule has 0 aromatic heterocycles. The molecule has 2 aromatic rings. The van der Waals surface area contributed by atoms with Gasteiger partial charge in [-0.25, -0.2) is 0 Å². The lowest BCUT2D eigenvalue weighted by molar-refractivity contribution is -0.152. The summed E-state index contributed by atoms with van der Waals surface area (Å²) < 4.78 is 5.03. The summed E-state index contributed by atoms with van der Waals surface area (Å²) in [5.74, 6) is -0.811. The van der Waals surface area contributed by atoms with Gasteiger partial charge in [0, 0.05) is 17.6 Å². The van der Waals surface area contributed by atoms with E-state index in [4.69, 9.17) is 16.3 Å². The summed E-state index contributed by atoms with van der Waals surface area (Å²) in [6, 6.07) is 16.9. The number of amides is 1. The molecule has 3 atom stereocenters. The van der Waals surface area contributed by atoms with E-state index in [0.29, 0.717) is 18.0 Å². The van der Waals surface area contributed by atoms with Crippen LogP contribution in [0.15, 0.2) is 54.6 Å². The minimum atomic E-state index is -0.881. The first-order chi connectivity index (χ1) is 13.4. The summed E-state index contributed by atoms with van der Waals surface area (Å²) in [5, 5.41) is 3.65. The zero-order valence-corrected chi connectivity index (χ0v) is 17.1. The summed E-state index contributed by atoms with van der Waals surface area (Å²) in [4.78, 5) is 27.5. The molecular formula is C22H25ClN2O3. The van der Waals surface area contributed by atoms with Crippen LogP contribution in [0.4, 0.5) is 0 Å². The quantitative estimate of drug-likeness (QED) is 0.779. The standard InChI is InChI=1S/C22H25ClN2O3/c1-22(21(27)28-3)13-18(20(26)24-14-15-7-5-4-6-8-15)19(25(22)2)16-9-11-17(23)12-10-16/h4-12,18-19H,13-14H2,1-3H3,(H,24,26)/t18-,19-,22-/m0/s1. The second kappa shape index (κ2) is 8.33. The predicted molar refractivity (Wildman–Crippen MR) is 109 cm³/mol. The molecular weight excluding hydrogens is 376 g/mol. The van der Waals surface area contributed by atoms with Gasteiger partial charge in [0.1, 0.15) is 5.54 Å². The number of likely N-dealkylation sites (N-methyl/N-ethyl adjacent to an activating group) is 1. The van der Waals surface area contributed by atoms with Crippen LogP contribution in [0.1, 0.15) is 30.5 Å². The van der Waals surface area contributed by atoms with Gasteiger partial charge in [-0.1, -0.05) is 54.1 Å². The van der Waals surface area contributed by atoms with Crippen molar-refractivity contribution in [3.8, 4) is 0 Å². The van der Waals surface area contributed by atoms with Crippen LogP contribution in [-0.2, 0) is 20.9 Å². The molecule has 1 amide bonds. The SMILES string of the molecule is COC(=O)[C@]1(C)C[C@H](C(=O)NCc2ccccc2)[C@H](c2ccc(Cl)cc2)N1C. The lowest BCUT2D eigenvalue weighted by Gasteiger charge is -2.33. The van der Waals surface area contributed by atoms with E-state index in [-0.39, 0.29) is 23.8 Å². The van der Waals surface area contributed by atoms with E-state index in [9.17, 15) is 9.59 Å². The van der Waals surface area contributed by atoms with E-state index >= 15 is 0 Å². The summed E-state index contributed by atoms with van der Waals surface area (Å²) in [6.45, 7) is 2.27. The maximum absolute atomic E-state index is 13.1. The molecule has 0 spiro atoms.